The van der Waals surface area contributed by atoms with Gasteiger partial charge in [0.05, 0.1) is 7.05 Å². The molecule has 0 aliphatic heterocycles. The highest BCUT2D eigenvalue weighted by Crippen LogP contribution is 2.14. The predicted molar refractivity (Wildman–Crippen MR) is 78.7 cm³/mol. The van der Waals surface area contributed by atoms with E-state index in [4.69, 9.17) is 4.74 Å². The van der Waals surface area contributed by atoms with Crippen molar-refractivity contribution in [3.8, 4) is 0 Å². The molecule has 1 N–H and O–H groups in total. The van der Waals surface area contributed by atoms with E-state index in [9.17, 15) is 9.90 Å². The van der Waals surface area contributed by atoms with E-state index >= 15 is 0 Å². The fourth-order valence-electron chi connectivity index (χ4n) is 2.16. The molecule has 2 atom stereocenters. The first kappa shape index (κ1) is 19.6. The van der Waals surface area contributed by atoms with Gasteiger partial charge in [-0.2, -0.15) is 0 Å². The van der Waals surface area contributed by atoms with Gasteiger partial charge in [-0.15, -0.1) is 0 Å². The molecule has 1 rings (SSSR count). The van der Waals surface area contributed by atoms with Gasteiger partial charge in [0.1, 0.15) is 19.2 Å². The number of nitrogens with zero attached hydrogens (tertiary/aromatic N) is 1. The van der Waals surface area contributed by atoms with Crippen LogP contribution in [0.25, 0.3) is 0 Å². The van der Waals surface area contributed by atoms with Crippen LogP contribution in [-0.4, -0.2) is 42.0 Å². The minimum atomic E-state index is -0.466. The van der Waals surface area contributed by atoms with Crippen molar-refractivity contribution in [1.82, 2.24) is 0 Å². The van der Waals surface area contributed by atoms with Gasteiger partial charge in [0.2, 0.25) is 6.73 Å². The SMILES string of the molecule is C=C(C)C(=O)OC[N+](C)(Cc1ccccc1)CC(C)O.[Cl-]. The van der Waals surface area contributed by atoms with E-state index in [1.54, 1.807) is 13.8 Å². The summed E-state index contributed by atoms with van der Waals surface area (Å²) in [4.78, 5) is 11.5. The third-order valence-corrected chi connectivity index (χ3v) is 2.97. The molecule has 0 aliphatic carbocycles. The number of quaternary nitrogens is 1. The zero-order chi connectivity index (χ0) is 15.2. The lowest BCUT2D eigenvalue weighted by atomic mass is 10.2. The second-order valence-electron chi connectivity index (χ2n) is 5.64. The molecule has 118 valence electrons. The van der Waals surface area contributed by atoms with E-state index in [-0.39, 0.29) is 19.1 Å². The molecule has 1 aromatic carbocycles. The van der Waals surface area contributed by atoms with Crippen LogP contribution >= 0.6 is 0 Å². The quantitative estimate of drug-likeness (QED) is 0.307. The highest BCUT2D eigenvalue weighted by molar-refractivity contribution is 5.86. The number of ether oxygens (including phenoxy) is 1. The summed E-state index contributed by atoms with van der Waals surface area (Å²) in [7, 11) is 1.96. The summed E-state index contributed by atoms with van der Waals surface area (Å²) in [5, 5.41) is 9.67. The standard InChI is InChI=1S/C16H24NO3.ClH/c1-13(2)16(19)20-12-17(4,10-14(3)18)11-15-8-6-5-7-9-15;/h5-9,14,18H,1,10-12H2,2-4H3;1H/q+1;/p-1. The first-order chi connectivity index (χ1) is 9.32. The van der Waals surface area contributed by atoms with Crippen molar-refractivity contribution < 1.29 is 31.5 Å². The number of aliphatic hydroxyl groups excluding tert-OH is 1. The molecule has 5 heteroatoms. The predicted octanol–water partition coefficient (Wildman–Crippen LogP) is -0.905. The molecule has 4 nitrogen and oxygen atoms in total. The number of benzene rings is 1. The van der Waals surface area contributed by atoms with Crippen LogP contribution in [0.2, 0.25) is 0 Å². The van der Waals surface area contributed by atoms with Crippen LogP contribution < -0.4 is 12.4 Å². The summed E-state index contributed by atoms with van der Waals surface area (Å²) < 4.78 is 5.70. The Labute approximate surface area is 133 Å². The Balaban J connectivity index is 0.00000400. The summed E-state index contributed by atoms with van der Waals surface area (Å²) >= 11 is 0. The molecular formula is C16H24ClNO3. The van der Waals surface area contributed by atoms with E-state index in [0.717, 1.165) is 5.56 Å². The Hall–Kier alpha value is -1.36. The first-order valence-electron chi connectivity index (χ1n) is 6.70. The highest BCUT2D eigenvalue weighted by atomic mass is 35.5. The molecule has 0 saturated carbocycles. The topological polar surface area (TPSA) is 46.5 Å². The Morgan fingerprint density at radius 3 is 2.43 bits per heavy atom. The summed E-state index contributed by atoms with van der Waals surface area (Å²) in [6.07, 6.45) is -0.466. The van der Waals surface area contributed by atoms with E-state index in [1.807, 2.05) is 37.4 Å². The summed E-state index contributed by atoms with van der Waals surface area (Å²) in [5.41, 5.74) is 1.52. The first-order valence-corrected chi connectivity index (χ1v) is 6.70. The number of rotatable bonds is 7. The van der Waals surface area contributed by atoms with Gasteiger partial charge in [-0.1, -0.05) is 36.9 Å². The number of likely N-dealkylation sites (N-methyl/N-ethyl adjacent to an activating group) is 1. The second-order valence-corrected chi connectivity index (χ2v) is 5.64. The van der Waals surface area contributed by atoms with Gasteiger partial charge in [0, 0.05) is 11.1 Å². The average molecular weight is 314 g/mol. The van der Waals surface area contributed by atoms with Crippen LogP contribution in [-0.2, 0) is 16.1 Å². The minimum absolute atomic E-state index is 0. The number of hydrogen-bond acceptors (Lipinski definition) is 3. The third kappa shape index (κ3) is 7.27. The van der Waals surface area contributed by atoms with Crippen molar-refractivity contribution in [1.29, 1.82) is 0 Å². The summed E-state index contributed by atoms with van der Waals surface area (Å²) in [5.74, 6) is -0.395. The Kier molecular flexibility index (Phi) is 8.25. The van der Waals surface area contributed by atoms with Gasteiger partial charge in [0.25, 0.3) is 0 Å². The van der Waals surface area contributed by atoms with Crippen LogP contribution in [0.1, 0.15) is 19.4 Å². The molecule has 1 aromatic rings. The largest absolute Gasteiger partial charge is 1.00 e. The fraction of sp³-hybridized carbons (Fsp3) is 0.438. The van der Waals surface area contributed by atoms with Gasteiger partial charge >= 0.3 is 5.97 Å². The normalized spacial score (nSPS) is 14.5. The number of carbonyl (C=O) groups is 1. The van der Waals surface area contributed by atoms with E-state index in [1.165, 1.54) is 0 Å². The third-order valence-electron chi connectivity index (χ3n) is 2.97. The van der Waals surface area contributed by atoms with Crippen LogP contribution in [0, 0.1) is 0 Å². The molecule has 21 heavy (non-hydrogen) atoms. The number of esters is 1. The van der Waals surface area contributed by atoms with Crippen LogP contribution in [0.4, 0.5) is 0 Å². The monoisotopic (exact) mass is 313 g/mol. The molecule has 0 amide bonds. The molecule has 2 unspecified atom stereocenters. The Morgan fingerprint density at radius 1 is 1.38 bits per heavy atom. The van der Waals surface area contributed by atoms with Gasteiger partial charge in [-0.3, -0.25) is 4.48 Å². The van der Waals surface area contributed by atoms with Gasteiger partial charge in [-0.05, 0) is 13.8 Å². The number of aliphatic hydroxyl groups is 1. The smallest absolute Gasteiger partial charge is 0.337 e. The van der Waals surface area contributed by atoms with Crippen LogP contribution in [0.5, 0.6) is 0 Å². The molecule has 0 saturated heterocycles. The highest BCUT2D eigenvalue weighted by Gasteiger charge is 2.26. The van der Waals surface area contributed by atoms with Crippen molar-refractivity contribution in [3.63, 3.8) is 0 Å². The molecule has 0 heterocycles. The fourth-order valence-corrected chi connectivity index (χ4v) is 2.16. The van der Waals surface area contributed by atoms with E-state index in [2.05, 4.69) is 6.58 Å². The molecule has 0 aliphatic rings. The molecule has 0 bridgehead atoms. The van der Waals surface area contributed by atoms with Crippen LogP contribution in [0.15, 0.2) is 42.5 Å². The zero-order valence-electron chi connectivity index (χ0n) is 12.9. The van der Waals surface area contributed by atoms with Crippen molar-refractivity contribution in [2.24, 2.45) is 0 Å². The van der Waals surface area contributed by atoms with Crippen molar-refractivity contribution in [2.45, 2.75) is 26.5 Å². The van der Waals surface area contributed by atoms with Gasteiger partial charge < -0.3 is 22.3 Å². The lowest BCUT2D eigenvalue weighted by Gasteiger charge is -2.34. The number of halogens is 1. The lowest BCUT2D eigenvalue weighted by Crippen LogP contribution is -3.00. The van der Waals surface area contributed by atoms with E-state index < -0.39 is 12.1 Å². The average Bonchev–Trinajstić information content (AvgIpc) is 2.36. The lowest BCUT2D eigenvalue weighted by molar-refractivity contribution is -0.940. The van der Waals surface area contributed by atoms with Crippen molar-refractivity contribution in [2.75, 3.05) is 20.3 Å². The Morgan fingerprint density at radius 2 is 1.95 bits per heavy atom. The van der Waals surface area contributed by atoms with Crippen LogP contribution in [0.3, 0.4) is 0 Å². The molecular weight excluding hydrogens is 290 g/mol. The van der Waals surface area contributed by atoms with Gasteiger partial charge in [0.15, 0.2) is 0 Å². The molecule has 0 aromatic heterocycles. The molecule has 0 fully saturated rings. The van der Waals surface area contributed by atoms with Gasteiger partial charge in [-0.25, -0.2) is 4.79 Å². The molecule has 0 radical (unpaired) electrons. The number of carbonyl (C=O) groups excluding carboxylic acids is 1. The van der Waals surface area contributed by atoms with Crippen molar-refractivity contribution in [3.05, 3.63) is 48.0 Å². The molecule has 0 spiro atoms. The Bertz CT molecular complexity index is 462. The number of hydrogen-bond donors (Lipinski definition) is 1. The minimum Gasteiger partial charge on any atom is -1.00 e. The maximum atomic E-state index is 11.5. The van der Waals surface area contributed by atoms with Crippen molar-refractivity contribution >= 4 is 5.97 Å². The maximum absolute atomic E-state index is 11.5. The summed E-state index contributed by atoms with van der Waals surface area (Å²) in [6, 6.07) is 9.96. The van der Waals surface area contributed by atoms with E-state index in [0.29, 0.717) is 23.1 Å². The maximum Gasteiger partial charge on any atom is 0.337 e. The zero-order valence-corrected chi connectivity index (χ0v) is 13.6. The second kappa shape index (κ2) is 8.82. The summed E-state index contributed by atoms with van der Waals surface area (Å²) in [6.45, 7) is 8.35.